The number of aromatic nitrogens is 2. The molecule has 0 saturated carbocycles. The molecule has 5 heteroatoms. The molecule has 0 fully saturated rings. The molecule has 19 heavy (non-hydrogen) atoms. The number of rotatable bonds is 5. The first kappa shape index (κ1) is 13.8. The topological polar surface area (TPSA) is 49.2 Å². The maximum atomic E-state index is 9.21. The summed E-state index contributed by atoms with van der Waals surface area (Å²) in [4.78, 5) is 10.8. The first-order chi connectivity index (χ1) is 9.24. The summed E-state index contributed by atoms with van der Waals surface area (Å²) in [5.74, 6) is 0.793. The molecule has 0 aliphatic carbocycles. The van der Waals surface area contributed by atoms with E-state index in [1.807, 2.05) is 24.3 Å². The maximum absolute atomic E-state index is 9.21. The van der Waals surface area contributed by atoms with Crippen LogP contribution >= 0.6 is 11.6 Å². The van der Waals surface area contributed by atoms with Gasteiger partial charge in [-0.05, 0) is 31.2 Å². The molecule has 100 valence electrons. The molecule has 0 amide bonds. The lowest BCUT2D eigenvalue weighted by Gasteiger charge is -2.22. The van der Waals surface area contributed by atoms with Crippen molar-refractivity contribution < 1.29 is 5.11 Å². The van der Waals surface area contributed by atoms with Gasteiger partial charge in [0.2, 0.25) is 0 Å². The Morgan fingerprint density at radius 2 is 2.11 bits per heavy atom. The lowest BCUT2D eigenvalue weighted by molar-refractivity contribution is 0.277. The third-order valence-corrected chi connectivity index (χ3v) is 3.18. The molecule has 0 unspecified atom stereocenters. The summed E-state index contributed by atoms with van der Waals surface area (Å²) in [5.41, 5.74) is 1.48. The molecule has 0 atom stereocenters. The molecule has 2 aromatic rings. The Labute approximate surface area is 117 Å². The third kappa shape index (κ3) is 3.43. The average Bonchev–Trinajstić information content (AvgIpc) is 2.46. The Hall–Kier alpha value is -1.65. The van der Waals surface area contributed by atoms with Crippen molar-refractivity contribution in [2.75, 3.05) is 11.4 Å². The van der Waals surface area contributed by atoms with E-state index in [9.17, 15) is 5.11 Å². The second-order valence-electron chi connectivity index (χ2n) is 4.09. The summed E-state index contributed by atoms with van der Waals surface area (Å²) in [5, 5.41) is 9.70. The molecule has 2 aromatic heterocycles. The minimum atomic E-state index is -0.159. The summed E-state index contributed by atoms with van der Waals surface area (Å²) in [6, 6.07) is 9.45. The van der Waals surface area contributed by atoms with Crippen molar-refractivity contribution in [3.63, 3.8) is 0 Å². The predicted octanol–water partition coefficient (Wildman–Crippen LogP) is 2.65. The van der Waals surface area contributed by atoms with Gasteiger partial charge in [0.05, 0.1) is 29.6 Å². The zero-order valence-electron chi connectivity index (χ0n) is 10.8. The number of hydrogen-bond acceptors (Lipinski definition) is 4. The summed E-state index contributed by atoms with van der Waals surface area (Å²) in [7, 11) is 0. The molecular formula is C14H16ClN3O. The highest BCUT2D eigenvalue weighted by Crippen LogP contribution is 2.20. The smallest absolute Gasteiger partial charge is 0.129 e. The minimum absolute atomic E-state index is 0.159. The van der Waals surface area contributed by atoms with Gasteiger partial charge in [0.15, 0.2) is 0 Å². The Kier molecular flexibility index (Phi) is 4.71. The highest BCUT2D eigenvalue weighted by atomic mass is 35.5. The molecule has 4 nitrogen and oxygen atoms in total. The second kappa shape index (κ2) is 6.50. The molecule has 2 heterocycles. The number of aliphatic hydroxyl groups excluding tert-OH is 1. The molecule has 0 radical (unpaired) electrons. The van der Waals surface area contributed by atoms with E-state index < -0.39 is 0 Å². The first-order valence-electron chi connectivity index (χ1n) is 6.15. The van der Waals surface area contributed by atoms with Gasteiger partial charge >= 0.3 is 0 Å². The van der Waals surface area contributed by atoms with Crippen molar-refractivity contribution in [1.82, 2.24) is 9.97 Å². The quantitative estimate of drug-likeness (QED) is 0.913. The number of pyridine rings is 2. The van der Waals surface area contributed by atoms with Crippen molar-refractivity contribution in [2.24, 2.45) is 0 Å². The molecule has 0 spiro atoms. The summed E-state index contributed by atoms with van der Waals surface area (Å²) in [6.45, 7) is 3.37. The van der Waals surface area contributed by atoms with Gasteiger partial charge < -0.3 is 10.0 Å². The van der Waals surface area contributed by atoms with E-state index in [1.165, 1.54) is 0 Å². The van der Waals surface area contributed by atoms with Crippen LogP contribution in [0.2, 0.25) is 5.02 Å². The maximum Gasteiger partial charge on any atom is 0.129 e. The van der Waals surface area contributed by atoms with Crippen molar-refractivity contribution in [2.45, 2.75) is 20.1 Å². The first-order valence-corrected chi connectivity index (χ1v) is 6.53. The van der Waals surface area contributed by atoms with E-state index in [0.29, 0.717) is 17.3 Å². The van der Waals surface area contributed by atoms with Crippen LogP contribution in [0, 0.1) is 0 Å². The van der Waals surface area contributed by atoms with Gasteiger partial charge in [-0.2, -0.15) is 0 Å². The Morgan fingerprint density at radius 1 is 1.26 bits per heavy atom. The number of halogens is 1. The van der Waals surface area contributed by atoms with E-state index >= 15 is 0 Å². The SMILES string of the molecule is CCN(Cc1ccccn1)c1ccc(Cl)c(CO)n1. The zero-order valence-corrected chi connectivity index (χ0v) is 11.5. The molecule has 0 aliphatic rings. The Morgan fingerprint density at radius 3 is 2.74 bits per heavy atom. The van der Waals surface area contributed by atoms with E-state index in [2.05, 4.69) is 21.8 Å². The van der Waals surface area contributed by atoms with Crippen LogP contribution in [0.15, 0.2) is 36.5 Å². The highest BCUT2D eigenvalue weighted by molar-refractivity contribution is 6.31. The molecule has 2 rings (SSSR count). The van der Waals surface area contributed by atoms with Gasteiger partial charge in [-0.1, -0.05) is 17.7 Å². The third-order valence-electron chi connectivity index (χ3n) is 2.84. The van der Waals surface area contributed by atoms with Crippen LogP contribution in [0.25, 0.3) is 0 Å². The fourth-order valence-corrected chi connectivity index (χ4v) is 1.97. The molecule has 0 bridgehead atoms. The number of hydrogen-bond donors (Lipinski definition) is 1. The van der Waals surface area contributed by atoms with E-state index in [-0.39, 0.29) is 6.61 Å². The van der Waals surface area contributed by atoms with Crippen LogP contribution in [-0.2, 0) is 13.2 Å². The number of aliphatic hydroxyl groups is 1. The van der Waals surface area contributed by atoms with Crippen LogP contribution in [0.1, 0.15) is 18.3 Å². The molecule has 1 N–H and O–H groups in total. The van der Waals surface area contributed by atoms with Crippen LogP contribution in [0.3, 0.4) is 0 Å². The van der Waals surface area contributed by atoms with Crippen LogP contribution in [-0.4, -0.2) is 21.6 Å². The Bertz CT molecular complexity index is 533. The normalized spacial score (nSPS) is 10.5. The van der Waals surface area contributed by atoms with Crippen molar-refractivity contribution in [1.29, 1.82) is 0 Å². The van der Waals surface area contributed by atoms with Crippen molar-refractivity contribution >= 4 is 17.4 Å². The van der Waals surface area contributed by atoms with Crippen molar-refractivity contribution in [3.05, 3.63) is 52.9 Å². The predicted molar refractivity (Wildman–Crippen MR) is 76.1 cm³/mol. The van der Waals surface area contributed by atoms with E-state index in [4.69, 9.17) is 11.6 Å². The number of nitrogens with zero attached hydrogens (tertiary/aromatic N) is 3. The van der Waals surface area contributed by atoms with Crippen molar-refractivity contribution in [3.8, 4) is 0 Å². The summed E-state index contributed by atoms with van der Waals surface area (Å²) < 4.78 is 0. The van der Waals surface area contributed by atoms with Crippen LogP contribution in [0.5, 0.6) is 0 Å². The molecule has 0 aromatic carbocycles. The summed E-state index contributed by atoms with van der Waals surface area (Å²) >= 11 is 5.95. The lowest BCUT2D eigenvalue weighted by Crippen LogP contribution is -2.24. The Balaban J connectivity index is 2.22. The van der Waals surface area contributed by atoms with Gasteiger partial charge in [-0.3, -0.25) is 4.98 Å². The molecular weight excluding hydrogens is 262 g/mol. The van der Waals surface area contributed by atoms with Crippen LogP contribution < -0.4 is 4.90 Å². The average molecular weight is 278 g/mol. The van der Waals surface area contributed by atoms with Crippen LogP contribution in [0.4, 0.5) is 5.82 Å². The highest BCUT2D eigenvalue weighted by Gasteiger charge is 2.10. The van der Waals surface area contributed by atoms with Gasteiger partial charge in [0, 0.05) is 12.7 Å². The van der Waals surface area contributed by atoms with E-state index in [0.717, 1.165) is 18.1 Å². The van der Waals surface area contributed by atoms with Gasteiger partial charge in [0.25, 0.3) is 0 Å². The fourth-order valence-electron chi connectivity index (χ4n) is 1.80. The fraction of sp³-hybridized carbons (Fsp3) is 0.286. The largest absolute Gasteiger partial charge is 0.390 e. The monoisotopic (exact) mass is 277 g/mol. The van der Waals surface area contributed by atoms with Gasteiger partial charge in [0.1, 0.15) is 5.82 Å². The minimum Gasteiger partial charge on any atom is -0.390 e. The van der Waals surface area contributed by atoms with Gasteiger partial charge in [-0.25, -0.2) is 4.98 Å². The lowest BCUT2D eigenvalue weighted by atomic mass is 10.3. The standard InChI is InChI=1S/C14H16ClN3O/c1-2-18(9-11-5-3-4-8-16-11)14-7-6-12(15)13(10-19)17-14/h3-8,19H,2,9-10H2,1H3. The zero-order chi connectivity index (χ0) is 13.7. The molecule has 0 saturated heterocycles. The molecule has 0 aliphatic heterocycles. The van der Waals surface area contributed by atoms with E-state index in [1.54, 1.807) is 12.3 Å². The second-order valence-corrected chi connectivity index (χ2v) is 4.50. The number of anilines is 1. The van der Waals surface area contributed by atoms with Gasteiger partial charge in [-0.15, -0.1) is 0 Å². The summed E-state index contributed by atoms with van der Waals surface area (Å²) in [6.07, 6.45) is 1.78.